The number of carbonyl (C=O) groups is 1. The van der Waals surface area contributed by atoms with E-state index < -0.39 is 5.41 Å². The molecule has 0 aliphatic carbocycles. The van der Waals surface area contributed by atoms with Gasteiger partial charge >= 0.3 is 5.69 Å². The molecule has 0 atom stereocenters. The number of fused-ring (bicyclic) bond motifs is 1. The Morgan fingerprint density at radius 3 is 2.56 bits per heavy atom. The SMILES string of the molecule is CCC(C)(C)C(=O)NCCn1c(=O)n(Cc2ccccc2)c2cccnc21. The molecule has 1 aromatic carbocycles. The van der Waals surface area contributed by atoms with Crippen LogP contribution in [0, 0.1) is 5.41 Å². The minimum atomic E-state index is -0.412. The topological polar surface area (TPSA) is 68.9 Å². The minimum absolute atomic E-state index is 0.000896. The van der Waals surface area contributed by atoms with Crippen molar-refractivity contribution in [2.24, 2.45) is 5.41 Å². The highest BCUT2D eigenvalue weighted by atomic mass is 16.2. The van der Waals surface area contributed by atoms with Crippen LogP contribution in [0.1, 0.15) is 32.8 Å². The van der Waals surface area contributed by atoms with Gasteiger partial charge in [0.1, 0.15) is 0 Å². The molecule has 27 heavy (non-hydrogen) atoms. The lowest BCUT2D eigenvalue weighted by Crippen LogP contribution is -2.39. The Bertz CT molecular complexity index is 986. The molecule has 6 heteroatoms. The van der Waals surface area contributed by atoms with Crippen LogP contribution < -0.4 is 11.0 Å². The summed E-state index contributed by atoms with van der Waals surface area (Å²) in [7, 11) is 0. The number of rotatable bonds is 7. The maximum absolute atomic E-state index is 13.0. The van der Waals surface area contributed by atoms with E-state index in [-0.39, 0.29) is 11.6 Å². The van der Waals surface area contributed by atoms with Crippen LogP contribution in [0.2, 0.25) is 0 Å². The average molecular weight is 366 g/mol. The molecule has 3 rings (SSSR count). The molecule has 1 amide bonds. The number of nitrogens with zero attached hydrogens (tertiary/aromatic N) is 3. The first-order chi connectivity index (χ1) is 12.9. The lowest BCUT2D eigenvalue weighted by Gasteiger charge is -2.21. The van der Waals surface area contributed by atoms with Gasteiger partial charge in [0.2, 0.25) is 5.91 Å². The summed E-state index contributed by atoms with van der Waals surface area (Å²) >= 11 is 0. The van der Waals surface area contributed by atoms with Crippen LogP contribution in [0.4, 0.5) is 0 Å². The van der Waals surface area contributed by atoms with Crippen LogP contribution in [-0.4, -0.2) is 26.6 Å². The lowest BCUT2D eigenvalue weighted by molar-refractivity contribution is -0.129. The van der Waals surface area contributed by atoms with Crippen molar-refractivity contribution in [2.45, 2.75) is 40.3 Å². The predicted molar refractivity (Wildman–Crippen MR) is 107 cm³/mol. The van der Waals surface area contributed by atoms with Crippen molar-refractivity contribution in [1.82, 2.24) is 19.4 Å². The van der Waals surface area contributed by atoms with Crippen LogP contribution in [0.25, 0.3) is 11.2 Å². The molecule has 0 fully saturated rings. The quantitative estimate of drug-likeness (QED) is 0.699. The van der Waals surface area contributed by atoms with Crippen molar-refractivity contribution < 1.29 is 4.79 Å². The predicted octanol–water partition coefficient (Wildman–Crippen LogP) is 2.80. The van der Waals surface area contributed by atoms with Gasteiger partial charge in [-0.1, -0.05) is 51.1 Å². The van der Waals surface area contributed by atoms with Crippen molar-refractivity contribution in [3.8, 4) is 0 Å². The molecule has 0 saturated heterocycles. The Morgan fingerprint density at radius 2 is 1.85 bits per heavy atom. The zero-order valence-corrected chi connectivity index (χ0v) is 16.1. The first kappa shape index (κ1) is 18.9. The van der Waals surface area contributed by atoms with E-state index in [1.54, 1.807) is 15.3 Å². The second kappa shape index (κ2) is 7.78. The number of aromatic nitrogens is 3. The van der Waals surface area contributed by atoms with Gasteiger partial charge in [0.05, 0.1) is 12.1 Å². The Labute approximate surface area is 158 Å². The summed E-state index contributed by atoms with van der Waals surface area (Å²) in [5.41, 5.74) is 1.97. The van der Waals surface area contributed by atoms with Gasteiger partial charge in [-0.2, -0.15) is 0 Å². The maximum atomic E-state index is 13.0. The number of carbonyl (C=O) groups excluding carboxylic acids is 1. The summed E-state index contributed by atoms with van der Waals surface area (Å²) in [5, 5.41) is 2.94. The molecule has 0 spiro atoms. The number of nitrogens with one attached hydrogen (secondary N) is 1. The molecule has 0 aliphatic rings. The van der Waals surface area contributed by atoms with E-state index in [2.05, 4.69) is 10.3 Å². The van der Waals surface area contributed by atoms with Crippen molar-refractivity contribution in [3.63, 3.8) is 0 Å². The summed E-state index contributed by atoms with van der Waals surface area (Å²) in [4.78, 5) is 29.7. The van der Waals surface area contributed by atoms with E-state index >= 15 is 0 Å². The fraction of sp³-hybridized carbons (Fsp3) is 0.381. The molecular weight excluding hydrogens is 340 g/mol. The zero-order chi connectivity index (χ0) is 19.4. The van der Waals surface area contributed by atoms with E-state index in [0.29, 0.717) is 25.3 Å². The van der Waals surface area contributed by atoms with Gasteiger partial charge in [0.25, 0.3) is 0 Å². The minimum Gasteiger partial charge on any atom is -0.354 e. The van der Waals surface area contributed by atoms with E-state index in [1.165, 1.54) is 0 Å². The second-order valence-corrected chi connectivity index (χ2v) is 7.35. The third-order valence-electron chi connectivity index (χ3n) is 5.08. The van der Waals surface area contributed by atoms with E-state index in [4.69, 9.17) is 0 Å². The van der Waals surface area contributed by atoms with Crippen LogP contribution in [0.3, 0.4) is 0 Å². The number of amides is 1. The molecule has 0 bridgehead atoms. The normalized spacial score (nSPS) is 11.7. The fourth-order valence-electron chi connectivity index (χ4n) is 2.95. The number of hydrogen-bond acceptors (Lipinski definition) is 3. The Kier molecular flexibility index (Phi) is 5.44. The monoisotopic (exact) mass is 366 g/mol. The first-order valence-corrected chi connectivity index (χ1v) is 9.30. The molecule has 0 saturated carbocycles. The van der Waals surface area contributed by atoms with Gasteiger partial charge in [-0.15, -0.1) is 0 Å². The molecule has 0 aliphatic heterocycles. The van der Waals surface area contributed by atoms with Crippen molar-refractivity contribution in [2.75, 3.05) is 6.54 Å². The third kappa shape index (κ3) is 3.94. The van der Waals surface area contributed by atoms with Gasteiger partial charge in [-0.05, 0) is 24.1 Å². The number of pyridine rings is 1. The smallest absolute Gasteiger partial charge is 0.330 e. The first-order valence-electron chi connectivity index (χ1n) is 9.30. The average Bonchev–Trinajstić information content (AvgIpc) is 2.94. The largest absolute Gasteiger partial charge is 0.354 e. The molecule has 0 unspecified atom stereocenters. The van der Waals surface area contributed by atoms with Crippen LogP contribution >= 0.6 is 0 Å². The number of imidazole rings is 1. The summed E-state index contributed by atoms with van der Waals surface area (Å²) in [5.74, 6) is -0.000896. The van der Waals surface area contributed by atoms with Crippen molar-refractivity contribution in [3.05, 3.63) is 64.7 Å². The standard InChI is InChI=1S/C21H26N4O2/c1-4-21(2,3)19(26)23-13-14-24-18-17(11-8-12-22-18)25(20(24)27)15-16-9-6-5-7-10-16/h5-12H,4,13-15H2,1-3H3,(H,23,26). The summed E-state index contributed by atoms with van der Waals surface area (Å²) < 4.78 is 3.37. The molecule has 0 radical (unpaired) electrons. The molecule has 2 aromatic heterocycles. The summed E-state index contributed by atoms with van der Waals surface area (Å²) in [6.45, 7) is 7.10. The molecule has 6 nitrogen and oxygen atoms in total. The Balaban J connectivity index is 1.85. The zero-order valence-electron chi connectivity index (χ0n) is 16.1. The number of benzene rings is 1. The van der Waals surface area contributed by atoms with Gasteiger partial charge in [-0.3, -0.25) is 13.9 Å². The highest BCUT2D eigenvalue weighted by Crippen LogP contribution is 2.19. The molecular formula is C21H26N4O2. The van der Waals surface area contributed by atoms with Gasteiger partial charge < -0.3 is 5.32 Å². The Morgan fingerprint density at radius 1 is 1.11 bits per heavy atom. The highest BCUT2D eigenvalue weighted by Gasteiger charge is 2.24. The van der Waals surface area contributed by atoms with Gasteiger partial charge in [-0.25, -0.2) is 9.78 Å². The van der Waals surface area contributed by atoms with E-state index in [1.807, 2.05) is 63.2 Å². The number of hydrogen-bond donors (Lipinski definition) is 1. The fourth-order valence-corrected chi connectivity index (χ4v) is 2.95. The molecule has 1 N–H and O–H groups in total. The highest BCUT2D eigenvalue weighted by molar-refractivity contribution is 5.81. The summed E-state index contributed by atoms with van der Waals surface area (Å²) in [6.07, 6.45) is 2.45. The van der Waals surface area contributed by atoms with Gasteiger partial charge in [0.15, 0.2) is 5.65 Å². The molecule has 142 valence electrons. The van der Waals surface area contributed by atoms with Crippen LogP contribution in [0.5, 0.6) is 0 Å². The summed E-state index contributed by atoms with van der Waals surface area (Å²) in [6, 6.07) is 13.6. The van der Waals surface area contributed by atoms with Gasteiger partial charge in [0, 0.05) is 24.7 Å². The lowest BCUT2D eigenvalue weighted by atomic mass is 9.89. The van der Waals surface area contributed by atoms with E-state index in [9.17, 15) is 9.59 Å². The van der Waals surface area contributed by atoms with Crippen molar-refractivity contribution in [1.29, 1.82) is 0 Å². The third-order valence-corrected chi connectivity index (χ3v) is 5.08. The van der Waals surface area contributed by atoms with E-state index in [0.717, 1.165) is 17.5 Å². The van der Waals surface area contributed by atoms with Crippen LogP contribution in [-0.2, 0) is 17.9 Å². The van der Waals surface area contributed by atoms with Crippen LogP contribution in [0.15, 0.2) is 53.5 Å². The Hall–Kier alpha value is -2.89. The molecule has 2 heterocycles. The van der Waals surface area contributed by atoms with Crippen molar-refractivity contribution >= 4 is 17.1 Å². The molecule has 3 aromatic rings. The maximum Gasteiger partial charge on any atom is 0.330 e. The second-order valence-electron chi connectivity index (χ2n) is 7.35.